The Kier molecular flexibility index (Phi) is 6.31. The van der Waals surface area contributed by atoms with Crippen LogP contribution >= 0.6 is 11.6 Å². The minimum absolute atomic E-state index is 0.00404. The summed E-state index contributed by atoms with van der Waals surface area (Å²) in [6.45, 7) is 0.00404. The van der Waals surface area contributed by atoms with E-state index in [2.05, 4.69) is 10.5 Å². The highest BCUT2D eigenvalue weighted by Crippen LogP contribution is 2.23. The highest BCUT2D eigenvalue weighted by atomic mass is 35.5. The first kappa shape index (κ1) is 20.2. The number of phenols is 2. The Balaban J connectivity index is 1.72. The smallest absolute Gasteiger partial charge is 0.271 e. The lowest BCUT2D eigenvalue weighted by atomic mass is 10.2. The van der Waals surface area contributed by atoms with Gasteiger partial charge in [0.1, 0.15) is 29.7 Å². The maximum Gasteiger partial charge on any atom is 0.271 e. The molecular weight excluding hydrogens is 399 g/mol. The van der Waals surface area contributed by atoms with Gasteiger partial charge in [-0.2, -0.15) is 5.10 Å². The van der Waals surface area contributed by atoms with Gasteiger partial charge in [-0.15, -0.1) is 0 Å². The monoisotopic (exact) mass is 414 g/mol. The number of carbonyl (C=O) groups excluding carboxylic acids is 1. The predicted molar refractivity (Wildman–Crippen MR) is 107 cm³/mol. The number of ether oxygens (including phenoxy) is 1. The molecule has 3 rings (SSSR count). The van der Waals surface area contributed by atoms with Crippen LogP contribution in [-0.4, -0.2) is 22.3 Å². The molecule has 0 atom stereocenters. The van der Waals surface area contributed by atoms with Gasteiger partial charge in [-0.3, -0.25) is 4.79 Å². The van der Waals surface area contributed by atoms with Crippen molar-refractivity contribution in [2.75, 3.05) is 0 Å². The number of halogens is 2. The van der Waals surface area contributed by atoms with Gasteiger partial charge in [-0.1, -0.05) is 29.8 Å². The maximum atomic E-state index is 13.8. The van der Waals surface area contributed by atoms with Crippen LogP contribution < -0.4 is 10.2 Å². The van der Waals surface area contributed by atoms with Gasteiger partial charge in [0.2, 0.25) is 0 Å². The van der Waals surface area contributed by atoms with Gasteiger partial charge in [0.05, 0.1) is 6.21 Å². The number of aromatic hydroxyl groups is 2. The van der Waals surface area contributed by atoms with E-state index in [1.807, 2.05) is 0 Å². The van der Waals surface area contributed by atoms with E-state index >= 15 is 0 Å². The van der Waals surface area contributed by atoms with Crippen molar-refractivity contribution in [3.05, 3.63) is 88.2 Å². The van der Waals surface area contributed by atoms with E-state index in [9.17, 15) is 19.4 Å². The first-order valence-electron chi connectivity index (χ1n) is 8.44. The van der Waals surface area contributed by atoms with Crippen molar-refractivity contribution in [3.8, 4) is 17.2 Å². The van der Waals surface area contributed by atoms with E-state index in [1.54, 1.807) is 36.4 Å². The molecule has 0 heterocycles. The average molecular weight is 415 g/mol. The van der Waals surface area contributed by atoms with Gasteiger partial charge in [-0.25, -0.2) is 9.82 Å². The second-order valence-electron chi connectivity index (χ2n) is 6.00. The summed E-state index contributed by atoms with van der Waals surface area (Å²) in [6, 6.07) is 14.5. The summed E-state index contributed by atoms with van der Waals surface area (Å²) in [5, 5.41) is 23.2. The number of carbonyl (C=O) groups is 1. The quantitative estimate of drug-likeness (QED) is 0.415. The molecule has 3 N–H and O–H groups in total. The number of hydrogen-bond acceptors (Lipinski definition) is 5. The van der Waals surface area contributed by atoms with E-state index in [-0.39, 0.29) is 29.5 Å². The third kappa shape index (κ3) is 5.46. The summed E-state index contributed by atoms with van der Waals surface area (Å²) in [5.41, 5.74) is 3.17. The van der Waals surface area contributed by atoms with E-state index in [1.165, 1.54) is 24.4 Å². The first-order valence-corrected chi connectivity index (χ1v) is 8.82. The Morgan fingerprint density at radius 3 is 2.55 bits per heavy atom. The van der Waals surface area contributed by atoms with Crippen molar-refractivity contribution in [2.45, 2.75) is 6.61 Å². The van der Waals surface area contributed by atoms with Gasteiger partial charge >= 0.3 is 0 Å². The van der Waals surface area contributed by atoms with E-state index in [4.69, 9.17) is 16.3 Å². The minimum Gasteiger partial charge on any atom is -0.508 e. The molecule has 0 saturated carbocycles. The van der Waals surface area contributed by atoms with Gasteiger partial charge in [0.25, 0.3) is 5.91 Å². The lowest BCUT2D eigenvalue weighted by Gasteiger charge is -2.10. The summed E-state index contributed by atoms with van der Waals surface area (Å²) in [5.74, 6) is -1.12. The van der Waals surface area contributed by atoms with Crippen molar-refractivity contribution >= 4 is 23.7 Å². The number of phenolic OH excluding ortho intramolecular Hbond substituents is 2. The van der Waals surface area contributed by atoms with Crippen LogP contribution in [0.4, 0.5) is 4.39 Å². The van der Waals surface area contributed by atoms with Crippen molar-refractivity contribution in [2.24, 2.45) is 5.10 Å². The molecule has 0 aliphatic heterocycles. The number of nitrogens with zero attached hydrogens (tertiary/aromatic N) is 1. The standard InChI is InChI=1S/C21H16ClFN2O4/c22-16-5-6-20(29-12-13-3-1-2-4-19(13)23)15(7-16)11-24-25-21(28)14-8-17(26)10-18(27)9-14/h1-11,26-27H,12H2,(H,25,28)/b24-11-. The zero-order valence-corrected chi connectivity index (χ0v) is 15.7. The summed E-state index contributed by atoms with van der Waals surface area (Å²) in [7, 11) is 0. The third-order valence-electron chi connectivity index (χ3n) is 3.85. The largest absolute Gasteiger partial charge is 0.508 e. The number of hydrazone groups is 1. The Labute approximate surface area is 170 Å². The Morgan fingerprint density at radius 2 is 1.83 bits per heavy atom. The lowest BCUT2D eigenvalue weighted by molar-refractivity contribution is 0.0954. The molecule has 29 heavy (non-hydrogen) atoms. The molecular formula is C21H16ClFN2O4. The summed E-state index contributed by atoms with van der Waals surface area (Å²) >= 11 is 6.01. The maximum absolute atomic E-state index is 13.8. The Hall–Kier alpha value is -3.58. The highest BCUT2D eigenvalue weighted by molar-refractivity contribution is 6.30. The molecule has 8 heteroatoms. The predicted octanol–water partition coefficient (Wildman–Crippen LogP) is 4.23. The minimum atomic E-state index is -0.636. The fourth-order valence-corrected chi connectivity index (χ4v) is 2.65. The molecule has 0 fully saturated rings. The molecule has 1 amide bonds. The van der Waals surface area contributed by atoms with Gasteiger partial charge < -0.3 is 14.9 Å². The van der Waals surface area contributed by atoms with Crippen LogP contribution in [0.25, 0.3) is 0 Å². The van der Waals surface area contributed by atoms with E-state index in [0.717, 1.165) is 6.07 Å². The van der Waals surface area contributed by atoms with Crippen molar-refractivity contribution in [1.82, 2.24) is 5.43 Å². The molecule has 0 saturated heterocycles. The highest BCUT2D eigenvalue weighted by Gasteiger charge is 2.09. The molecule has 0 aromatic heterocycles. The van der Waals surface area contributed by atoms with Gasteiger partial charge in [0, 0.05) is 27.8 Å². The molecule has 3 aromatic carbocycles. The van der Waals surface area contributed by atoms with E-state index < -0.39 is 5.91 Å². The van der Waals surface area contributed by atoms with Crippen LogP contribution in [0, 0.1) is 5.82 Å². The molecule has 0 unspecified atom stereocenters. The van der Waals surface area contributed by atoms with Crippen molar-refractivity contribution in [3.63, 3.8) is 0 Å². The van der Waals surface area contributed by atoms with Gasteiger partial charge in [0.15, 0.2) is 0 Å². The topological polar surface area (TPSA) is 91.2 Å². The number of amides is 1. The summed E-state index contributed by atoms with van der Waals surface area (Å²) < 4.78 is 19.4. The fourth-order valence-electron chi connectivity index (χ4n) is 2.47. The Morgan fingerprint density at radius 1 is 1.10 bits per heavy atom. The number of rotatable bonds is 6. The zero-order valence-electron chi connectivity index (χ0n) is 15.0. The first-order chi connectivity index (χ1) is 13.9. The molecule has 148 valence electrons. The lowest BCUT2D eigenvalue weighted by Crippen LogP contribution is -2.17. The zero-order chi connectivity index (χ0) is 20.8. The summed E-state index contributed by atoms with van der Waals surface area (Å²) in [6.07, 6.45) is 1.32. The average Bonchev–Trinajstić information content (AvgIpc) is 2.67. The van der Waals surface area contributed by atoms with Crippen molar-refractivity contribution in [1.29, 1.82) is 0 Å². The van der Waals surface area contributed by atoms with Crippen LogP contribution in [0.2, 0.25) is 5.02 Å². The number of benzene rings is 3. The summed E-state index contributed by atoms with van der Waals surface area (Å²) in [4.78, 5) is 12.1. The number of hydrogen-bond donors (Lipinski definition) is 3. The molecule has 0 radical (unpaired) electrons. The van der Waals surface area contributed by atoms with E-state index in [0.29, 0.717) is 21.9 Å². The third-order valence-corrected chi connectivity index (χ3v) is 4.08. The normalized spacial score (nSPS) is 10.8. The second kappa shape index (κ2) is 9.07. The van der Waals surface area contributed by atoms with Crippen LogP contribution in [0.3, 0.4) is 0 Å². The van der Waals surface area contributed by atoms with Crippen LogP contribution in [-0.2, 0) is 6.61 Å². The molecule has 0 bridgehead atoms. The molecule has 0 aliphatic carbocycles. The molecule has 3 aromatic rings. The van der Waals surface area contributed by atoms with Gasteiger partial charge in [-0.05, 0) is 36.4 Å². The SMILES string of the molecule is O=C(N/N=C\c1cc(Cl)ccc1OCc1ccccc1F)c1cc(O)cc(O)c1. The van der Waals surface area contributed by atoms with Crippen LogP contribution in [0.15, 0.2) is 65.8 Å². The molecule has 0 spiro atoms. The van der Waals surface area contributed by atoms with Crippen molar-refractivity contribution < 1.29 is 24.1 Å². The molecule has 6 nitrogen and oxygen atoms in total. The number of nitrogens with one attached hydrogen (secondary N) is 1. The van der Waals surface area contributed by atoms with Crippen LogP contribution in [0.1, 0.15) is 21.5 Å². The second-order valence-corrected chi connectivity index (χ2v) is 6.44. The molecule has 0 aliphatic rings. The fraction of sp³-hybridized carbons (Fsp3) is 0.0476. The van der Waals surface area contributed by atoms with Crippen LogP contribution in [0.5, 0.6) is 17.2 Å². The Bertz CT molecular complexity index is 1050.